The average Bonchev–Trinajstić information content (AvgIpc) is 4.18. The van der Waals surface area contributed by atoms with Gasteiger partial charge in [-0.2, -0.15) is 0 Å². The molecule has 15 nitrogen and oxygen atoms in total. The first kappa shape index (κ1) is 44.7. The van der Waals surface area contributed by atoms with E-state index in [4.69, 9.17) is 24.2 Å². The molecule has 4 amide bonds. The summed E-state index contributed by atoms with van der Waals surface area (Å²) in [5.41, 5.74) is 5.81. The Morgan fingerprint density at radius 1 is 0.833 bits per heavy atom. The Morgan fingerprint density at radius 2 is 1.52 bits per heavy atom. The van der Waals surface area contributed by atoms with E-state index in [1.165, 1.54) is 14.2 Å². The number of H-pyrrole nitrogens is 2. The summed E-state index contributed by atoms with van der Waals surface area (Å²) in [6.07, 6.45) is 6.46. The third-order valence-electron chi connectivity index (χ3n) is 14.0. The molecule has 1 aliphatic carbocycles. The molecule has 0 bridgehead atoms. The molecule has 3 aliphatic rings. The lowest BCUT2D eigenvalue weighted by molar-refractivity contribution is -0.139. The van der Waals surface area contributed by atoms with Crippen LogP contribution in [0.3, 0.4) is 0 Å². The number of methoxy groups -OCH3 is 2. The van der Waals surface area contributed by atoms with Crippen LogP contribution in [-0.2, 0) is 30.3 Å². The molecule has 4 N–H and O–H groups in total. The van der Waals surface area contributed by atoms with Crippen molar-refractivity contribution in [2.45, 2.75) is 96.4 Å². The third kappa shape index (κ3) is 9.17. The molecule has 4 heterocycles. The summed E-state index contributed by atoms with van der Waals surface area (Å²) in [6, 6.07) is 21.9. The van der Waals surface area contributed by atoms with Crippen LogP contribution >= 0.6 is 0 Å². The lowest BCUT2D eigenvalue weighted by Crippen LogP contribution is -2.55. The van der Waals surface area contributed by atoms with Crippen LogP contribution in [-0.4, -0.2) is 106 Å². The monoisotopic (exact) mass is 896 g/mol. The molecule has 66 heavy (non-hydrogen) atoms. The number of nitrogens with one attached hydrogen (secondary N) is 4. The van der Waals surface area contributed by atoms with Crippen molar-refractivity contribution >= 4 is 56.6 Å². The summed E-state index contributed by atoms with van der Waals surface area (Å²) in [7, 11) is 2.62. The first-order valence-electron chi connectivity index (χ1n) is 23.4. The first-order chi connectivity index (χ1) is 32.0. The third-order valence-corrected chi connectivity index (χ3v) is 14.0. The van der Waals surface area contributed by atoms with Crippen molar-refractivity contribution in [2.75, 3.05) is 34.0 Å². The van der Waals surface area contributed by atoms with E-state index < -0.39 is 24.3 Å². The molecule has 2 aromatic heterocycles. The number of benzene rings is 4. The number of imidazole rings is 2. The zero-order chi connectivity index (χ0) is 46.1. The molecule has 9 rings (SSSR count). The van der Waals surface area contributed by atoms with Gasteiger partial charge in [0.25, 0.3) is 0 Å². The highest BCUT2D eigenvalue weighted by Crippen LogP contribution is 2.37. The smallest absolute Gasteiger partial charge is 0.407 e. The number of aromatic amines is 2. The van der Waals surface area contributed by atoms with Crippen LogP contribution < -0.4 is 10.6 Å². The molecule has 3 fully saturated rings. The highest BCUT2D eigenvalue weighted by atomic mass is 16.5. The van der Waals surface area contributed by atoms with Gasteiger partial charge in [0.2, 0.25) is 11.8 Å². The molecule has 6 aromatic rings. The molecule has 2 saturated heterocycles. The standard InChI is InChI=1S/C51H60N8O7/c1-29(2)44(56-50(62)64-4)48(60)58-20-6-7-42(58)47-54-40-17-14-36-25-35(13-16-39(36)46(40)55-47)32-9-10-34-26-37(12-11-33(34)24-32)41-27-52-43(53-41)28-59(38-15-8-30(3)23-38)49(61)45(57-51(63)65-5)31-18-21-66-22-19-31/h9-14,16-17,24-27,29-31,38,42,44-45H,6-8,15,18-23,28H2,1-5H3,(H,52,53)(H,54,55)(H,56,62)(H,57,63)/t30-,38+,42-,44-,45+/m0/s1. The molecule has 15 heteroatoms. The number of hydrogen-bond donors (Lipinski definition) is 4. The summed E-state index contributed by atoms with van der Waals surface area (Å²) < 4.78 is 15.3. The first-order valence-corrected chi connectivity index (χ1v) is 23.4. The van der Waals surface area contributed by atoms with E-state index in [1.54, 1.807) is 0 Å². The van der Waals surface area contributed by atoms with Crippen LogP contribution in [0.25, 0.3) is 55.0 Å². The average molecular weight is 897 g/mol. The molecule has 346 valence electrons. The summed E-state index contributed by atoms with van der Waals surface area (Å²) in [5.74, 6) is 1.55. The van der Waals surface area contributed by atoms with E-state index in [1.807, 2.05) is 35.9 Å². The second-order valence-corrected chi connectivity index (χ2v) is 18.7. The van der Waals surface area contributed by atoms with E-state index >= 15 is 0 Å². The van der Waals surface area contributed by atoms with Crippen molar-refractivity contribution in [3.63, 3.8) is 0 Å². The number of carbonyl (C=O) groups excluding carboxylic acids is 4. The quantitative estimate of drug-likeness (QED) is 0.0934. The fourth-order valence-corrected chi connectivity index (χ4v) is 10.3. The fraction of sp³-hybridized carbons (Fsp3) is 0.451. The number of rotatable bonds is 12. The van der Waals surface area contributed by atoms with Crippen molar-refractivity contribution < 1.29 is 33.4 Å². The predicted octanol–water partition coefficient (Wildman–Crippen LogP) is 8.64. The normalized spacial score (nSPS) is 19.9. The van der Waals surface area contributed by atoms with Gasteiger partial charge >= 0.3 is 12.2 Å². The second-order valence-electron chi connectivity index (χ2n) is 18.7. The van der Waals surface area contributed by atoms with Crippen molar-refractivity contribution in [3.05, 3.63) is 84.6 Å². The van der Waals surface area contributed by atoms with Gasteiger partial charge in [0.05, 0.1) is 49.7 Å². The maximum absolute atomic E-state index is 14.4. The summed E-state index contributed by atoms with van der Waals surface area (Å²) >= 11 is 0. The topological polar surface area (TPSA) is 184 Å². The number of ether oxygens (including phenoxy) is 3. The van der Waals surface area contributed by atoms with E-state index in [0.29, 0.717) is 50.9 Å². The number of likely N-dealkylation sites (tertiary alicyclic amines) is 1. The van der Waals surface area contributed by atoms with Gasteiger partial charge in [0.15, 0.2) is 0 Å². The van der Waals surface area contributed by atoms with Crippen LogP contribution in [0.15, 0.2) is 72.9 Å². The lowest BCUT2D eigenvalue weighted by atomic mass is 9.90. The van der Waals surface area contributed by atoms with Gasteiger partial charge in [-0.05, 0) is 114 Å². The van der Waals surface area contributed by atoms with Gasteiger partial charge in [0.1, 0.15) is 23.7 Å². The van der Waals surface area contributed by atoms with Crippen molar-refractivity contribution in [1.29, 1.82) is 0 Å². The van der Waals surface area contributed by atoms with Gasteiger partial charge in [0, 0.05) is 36.8 Å². The molecule has 2 aliphatic heterocycles. The minimum absolute atomic E-state index is 0.0432. The largest absolute Gasteiger partial charge is 0.453 e. The van der Waals surface area contributed by atoms with Gasteiger partial charge < -0.3 is 44.6 Å². The maximum atomic E-state index is 14.4. The van der Waals surface area contributed by atoms with Crippen molar-refractivity contribution in [1.82, 2.24) is 40.4 Å². The highest BCUT2D eigenvalue weighted by molar-refractivity contribution is 6.06. The maximum Gasteiger partial charge on any atom is 0.407 e. The molecule has 0 spiro atoms. The zero-order valence-electron chi connectivity index (χ0n) is 38.4. The number of carbonyl (C=O) groups is 4. The van der Waals surface area contributed by atoms with E-state index in [0.717, 1.165) is 92.9 Å². The molecule has 5 atom stereocenters. The van der Waals surface area contributed by atoms with Gasteiger partial charge in [-0.25, -0.2) is 19.6 Å². The Bertz CT molecular complexity index is 2760. The van der Waals surface area contributed by atoms with Crippen LogP contribution in [0.5, 0.6) is 0 Å². The Balaban J connectivity index is 0.922. The summed E-state index contributed by atoms with van der Waals surface area (Å²) in [4.78, 5) is 73.4. The molecular weight excluding hydrogens is 837 g/mol. The summed E-state index contributed by atoms with van der Waals surface area (Å²) in [5, 5.41) is 9.91. The van der Waals surface area contributed by atoms with Crippen LogP contribution in [0.1, 0.15) is 83.4 Å². The Labute approximate surface area is 384 Å². The minimum atomic E-state index is -0.705. The Morgan fingerprint density at radius 3 is 2.23 bits per heavy atom. The number of alkyl carbamates (subject to hydrolysis) is 2. The Hall–Kier alpha value is -6.48. The van der Waals surface area contributed by atoms with Crippen LogP contribution in [0.2, 0.25) is 0 Å². The molecule has 4 aromatic carbocycles. The lowest BCUT2D eigenvalue weighted by Gasteiger charge is -2.36. The van der Waals surface area contributed by atoms with Crippen molar-refractivity contribution in [2.24, 2.45) is 17.8 Å². The number of fused-ring (bicyclic) bond motifs is 4. The number of aromatic nitrogens is 4. The van der Waals surface area contributed by atoms with Gasteiger partial charge in [-0.1, -0.05) is 63.2 Å². The molecule has 1 saturated carbocycles. The highest BCUT2D eigenvalue weighted by Gasteiger charge is 2.40. The fourth-order valence-electron chi connectivity index (χ4n) is 10.3. The van der Waals surface area contributed by atoms with E-state index in [-0.39, 0.29) is 35.7 Å². The van der Waals surface area contributed by atoms with Gasteiger partial charge in [-0.15, -0.1) is 0 Å². The summed E-state index contributed by atoms with van der Waals surface area (Å²) in [6.45, 7) is 8.06. The van der Waals surface area contributed by atoms with Crippen molar-refractivity contribution in [3.8, 4) is 22.4 Å². The van der Waals surface area contributed by atoms with E-state index in [2.05, 4.69) is 88.2 Å². The Kier molecular flexibility index (Phi) is 13.0. The minimum Gasteiger partial charge on any atom is -0.453 e. The molecule has 0 radical (unpaired) electrons. The SMILES string of the molecule is COC(=O)N[C@H](C(=O)N1CCC[C@H]1c1nc2ccc3cc(-c4ccc5cc(-c6cnc(CN(C(=O)[C@H](NC(=O)OC)C7CCOCC7)[C@@H]7CC[C@H](C)C7)[nH]6)ccc5c4)ccc3c2[nH]1)C(C)C. The van der Waals surface area contributed by atoms with Crippen LogP contribution in [0, 0.1) is 17.8 Å². The number of hydrogen-bond acceptors (Lipinski definition) is 9. The van der Waals surface area contributed by atoms with E-state index in [9.17, 15) is 19.2 Å². The number of nitrogens with zero attached hydrogens (tertiary/aromatic N) is 4. The van der Waals surface area contributed by atoms with Gasteiger partial charge in [-0.3, -0.25) is 9.59 Å². The number of amides is 4. The molecule has 0 unspecified atom stereocenters. The second kappa shape index (κ2) is 19.2. The zero-order valence-corrected chi connectivity index (χ0v) is 38.4. The molecular formula is C51H60N8O7. The predicted molar refractivity (Wildman–Crippen MR) is 252 cm³/mol. The van der Waals surface area contributed by atoms with Crippen LogP contribution in [0.4, 0.5) is 9.59 Å².